The summed E-state index contributed by atoms with van der Waals surface area (Å²) >= 11 is 0. The predicted octanol–water partition coefficient (Wildman–Crippen LogP) is 1.88. The summed E-state index contributed by atoms with van der Waals surface area (Å²) in [4.78, 5) is 21.9. The lowest BCUT2D eigenvalue weighted by Crippen LogP contribution is -2.12. The van der Waals surface area contributed by atoms with E-state index >= 15 is 0 Å². The van der Waals surface area contributed by atoms with Crippen molar-refractivity contribution >= 4 is 17.4 Å². The highest BCUT2D eigenvalue weighted by molar-refractivity contribution is 6.04. The van der Waals surface area contributed by atoms with Crippen LogP contribution in [0.1, 0.15) is 16.1 Å². The maximum absolute atomic E-state index is 11.8. The Labute approximate surface area is 102 Å². The highest BCUT2D eigenvalue weighted by Gasteiger charge is 2.12. The van der Waals surface area contributed by atoms with E-state index in [1.165, 1.54) is 24.3 Å². The van der Waals surface area contributed by atoms with E-state index in [0.717, 1.165) is 5.69 Å². The van der Waals surface area contributed by atoms with Gasteiger partial charge in [0, 0.05) is 29.5 Å². The number of aromatic nitrogens is 2. The van der Waals surface area contributed by atoms with Gasteiger partial charge in [-0.05, 0) is 13.0 Å². The minimum absolute atomic E-state index is 0.124. The molecule has 1 amide bonds. The van der Waals surface area contributed by atoms with Gasteiger partial charge in [-0.25, -0.2) is 0 Å². The molecule has 0 spiro atoms. The highest BCUT2D eigenvalue weighted by atomic mass is 16.6. The fraction of sp³-hybridized carbons (Fsp3) is 0.0909. The normalized spacial score (nSPS) is 10.1. The number of hydrogen-bond donors (Lipinski definition) is 2. The fourth-order valence-corrected chi connectivity index (χ4v) is 1.43. The molecule has 0 aliphatic heterocycles. The Bertz CT molecular complexity index is 606. The molecule has 7 nitrogen and oxygen atoms in total. The van der Waals surface area contributed by atoms with Gasteiger partial charge >= 0.3 is 0 Å². The maximum Gasteiger partial charge on any atom is 0.270 e. The number of nitrogens with zero attached hydrogens (tertiary/aromatic N) is 2. The minimum Gasteiger partial charge on any atom is -0.305 e. The molecule has 0 radical (unpaired) electrons. The Hall–Kier alpha value is -2.70. The van der Waals surface area contributed by atoms with E-state index in [1.807, 2.05) is 0 Å². The van der Waals surface area contributed by atoms with E-state index in [4.69, 9.17) is 0 Å². The summed E-state index contributed by atoms with van der Waals surface area (Å²) in [5.41, 5.74) is 0.898. The number of carbonyl (C=O) groups excluding carboxylic acids is 1. The Morgan fingerprint density at radius 2 is 2.22 bits per heavy atom. The van der Waals surface area contributed by atoms with Crippen LogP contribution in [-0.2, 0) is 0 Å². The number of carbonyl (C=O) groups is 1. The second-order valence-electron chi connectivity index (χ2n) is 3.70. The first-order chi connectivity index (χ1) is 8.56. The van der Waals surface area contributed by atoms with E-state index in [9.17, 15) is 14.9 Å². The number of nitrogens with one attached hydrogen (secondary N) is 2. The van der Waals surface area contributed by atoms with Crippen LogP contribution < -0.4 is 5.32 Å². The summed E-state index contributed by atoms with van der Waals surface area (Å²) in [5.74, 6) is -0.0609. The van der Waals surface area contributed by atoms with Crippen molar-refractivity contribution in [2.75, 3.05) is 5.32 Å². The van der Waals surface area contributed by atoms with E-state index in [2.05, 4.69) is 15.5 Å². The first-order valence-corrected chi connectivity index (χ1v) is 5.14. The monoisotopic (exact) mass is 246 g/mol. The molecule has 2 N–H and O–H groups in total. The molecule has 1 heterocycles. The Morgan fingerprint density at radius 1 is 1.44 bits per heavy atom. The third-order valence-electron chi connectivity index (χ3n) is 2.27. The van der Waals surface area contributed by atoms with E-state index < -0.39 is 10.8 Å². The molecule has 2 aromatic rings. The quantitative estimate of drug-likeness (QED) is 0.637. The van der Waals surface area contributed by atoms with Gasteiger partial charge in [-0.3, -0.25) is 20.0 Å². The number of aromatic amines is 1. The second-order valence-corrected chi connectivity index (χ2v) is 3.70. The number of non-ortho nitro benzene ring substituents is 1. The zero-order chi connectivity index (χ0) is 13.1. The summed E-state index contributed by atoms with van der Waals surface area (Å²) in [5, 5.41) is 19.7. The summed E-state index contributed by atoms with van der Waals surface area (Å²) in [6.45, 7) is 1.80. The number of anilines is 1. The first-order valence-electron chi connectivity index (χ1n) is 5.14. The average molecular weight is 246 g/mol. The second kappa shape index (κ2) is 4.66. The first kappa shape index (κ1) is 11.8. The lowest BCUT2D eigenvalue weighted by atomic mass is 10.2. The van der Waals surface area contributed by atoms with Crippen LogP contribution in [0.2, 0.25) is 0 Å². The molecule has 0 bridgehead atoms. The maximum atomic E-state index is 11.8. The van der Waals surface area contributed by atoms with Crippen LogP contribution in [0.15, 0.2) is 30.3 Å². The van der Waals surface area contributed by atoms with Gasteiger partial charge in [0.15, 0.2) is 5.82 Å². The number of rotatable bonds is 3. The van der Waals surface area contributed by atoms with Gasteiger partial charge in [0.1, 0.15) is 0 Å². The van der Waals surface area contributed by atoms with Gasteiger partial charge in [0.25, 0.3) is 11.6 Å². The van der Waals surface area contributed by atoms with Crippen molar-refractivity contribution in [3.8, 4) is 0 Å². The number of benzene rings is 1. The van der Waals surface area contributed by atoms with Gasteiger partial charge in [-0.2, -0.15) is 5.10 Å². The Balaban J connectivity index is 2.18. The van der Waals surface area contributed by atoms with Crippen molar-refractivity contribution in [1.82, 2.24) is 10.2 Å². The smallest absolute Gasteiger partial charge is 0.270 e. The minimum atomic E-state index is -0.546. The number of aryl methyl sites for hydroxylation is 1. The van der Waals surface area contributed by atoms with E-state index in [-0.39, 0.29) is 11.3 Å². The van der Waals surface area contributed by atoms with Gasteiger partial charge in [-0.1, -0.05) is 6.07 Å². The van der Waals surface area contributed by atoms with Crippen LogP contribution >= 0.6 is 0 Å². The molecule has 0 fully saturated rings. The average Bonchev–Trinajstić information content (AvgIpc) is 2.75. The Kier molecular flexibility index (Phi) is 3.05. The summed E-state index contributed by atoms with van der Waals surface area (Å²) < 4.78 is 0. The standard InChI is InChI=1S/C11H10N4O3/c1-7-5-10(14-13-7)12-11(16)8-3-2-4-9(6-8)15(17)18/h2-6H,1H3,(H2,12,13,14,16). The fourth-order valence-electron chi connectivity index (χ4n) is 1.43. The van der Waals surface area contributed by atoms with Crippen LogP contribution in [0, 0.1) is 17.0 Å². The molecule has 0 saturated heterocycles. The number of hydrogen-bond acceptors (Lipinski definition) is 4. The number of H-pyrrole nitrogens is 1. The van der Waals surface area contributed by atoms with Gasteiger partial charge in [0.05, 0.1) is 4.92 Å². The van der Waals surface area contributed by atoms with Crippen LogP contribution in [0.5, 0.6) is 0 Å². The zero-order valence-corrected chi connectivity index (χ0v) is 9.51. The lowest BCUT2D eigenvalue weighted by Gasteiger charge is -2.01. The molecule has 0 unspecified atom stereocenters. The van der Waals surface area contributed by atoms with E-state index in [0.29, 0.717) is 5.82 Å². The largest absolute Gasteiger partial charge is 0.305 e. The van der Waals surface area contributed by atoms with Crippen molar-refractivity contribution < 1.29 is 9.72 Å². The van der Waals surface area contributed by atoms with Crippen molar-refractivity contribution in [3.05, 3.63) is 51.7 Å². The van der Waals surface area contributed by atoms with Crippen molar-refractivity contribution in [2.45, 2.75) is 6.92 Å². The summed E-state index contributed by atoms with van der Waals surface area (Å²) in [7, 11) is 0. The predicted molar refractivity (Wildman–Crippen MR) is 64.4 cm³/mol. The van der Waals surface area contributed by atoms with Gasteiger partial charge < -0.3 is 5.32 Å². The molecule has 0 saturated carbocycles. The number of amides is 1. The number of nitro benzene ring substituents is 1. The Morgan fingerprint density at radius 3 is 2.83 bits per heavy atom. The topological polar surface area (TPSA) is 101 Å². The SMILES string of the molecule is Cc1cc(NC(=O)c2cccc([N+](=O)[O-])c2)n[nH]1. The molecule has 7 heteroatoms. The van der Waals surface area contributed by atoms with E-state index in [1.54, 1.807) is 13.0 Å². The summed E-state index contributed by atoms with van der Waals surface area (Å²) in [6, 6.07) is 7.17. The molecule has 2 rings (SSSR count). The van der Waals surface area contributed by atoms with Crippen molar-refractivity contribution in [2.24, 2.45) is 0 Å². The third kappa shape index (κ3) is 2.51. The van der Waals surface area contributed by atoms with Crippen molar-refractivity contribution in [3.63, 3.8) is 0 Å². The molecular formula is C11H10N4O3. The van der Waals surface area contributed by atoms with Gasteiger partial charge in [-0.15, -0.1) is 0 Å². The van der Waals surface area contributed by atoms with Crippen LogP contribution in [0.4, 0.5) is 11.5 Å². The molecule has 1 aromatic carbocycles. The van der Waals surface area contributed by atoms with Gasteiger partial charge in [0.2, 0.25) is 0 Å². The van der Waals surface area contributed by atoms with Crippen molar-refractivity contribution in [1.29, 1.82) is 0 Å². The molecule has 92 valence electrons. The molecule has 0 atom stereocenters. The molecule has 1 aromatic heterocycles. The molecular weight excluding hydrogens is 236 g/mol. The molecule has 0 aliphatic rings. The highest BCUT2D eigenvalue weighted by Crippen LogP contribution is 2.14. The third-order valence-corrected chi connectivity index (χ3v) is 2.27. The van der Waals surface area contributed by atoms with Crippen LogP contribution in [0.3, 0.4) is 0 Å². The zero-order valence-electron chi connectivity index (χ0n) is 9.51. The van der Waals surface area contributed by atoms with Crippen LogP contribution in [0.25, 0.3) is 0 Å². The summed E-state index contributed by atoms with van der Waals surface area (Å²) in [6.07, 6.45) is 0. The molecule has 18 heavy (non-hydrogen) atoms. The van der Waals surface area contributed by atoms with Crippen LogP contribution in [-0.4, -0.2) is 21.0 Å². The molecule has 0 aliphatic carbocycles. The number of nitro groups is 1. The lowest BCUT2D eigenvalue weighted by molar-refractivity contribution is -0.384.